The van der Waals surface area contributed by atoms with Crippen LogP contribution in [0.3, 0.4) is 0 Å². The van der Waals surface area contributed by atoms with Gasteiger partial charge in [0.1, 0.15) is 0 Å². The first-order chi connectivity index (χ1) is 13.4. The van der Waals surface area contributed by atoms with E-state index < -0.39 is 10.0 Å². The minimum absolute atomic E-state index is 0.0208. The summed E-state index contributed by atoms with van der Waals surface area (Å²) in [7, 11) is -3.46. The van der Waals surface area contributed by atoms with Gasteiger partial charge in [-0.1, -0.05) is 48.0 Å². The number of hydrogen-bond donors (Lipinski definition) is 2. The van der Waals surface area contributed by atoms with Crippen molar-refractivity contribution in [2.24, 2.45) is 11.8 Å². The van der Waals surface area contributed by atoms with Crippen molar-refractivity contribution in [3.05, 3.63) is 65.7 Å². The zero-order chi connectivity index (χ0) is 20.0. The largest absolute Gasteiger partial charge is 0.352 e. The molecule has 0 aliphatic heterocycles. The summed E-state index contributed by atoms with van der Waals surface area (Å²) in [6, 6.07) is 16.6. The molecule has 0 radical (unpaired) electrons. The molecule has 0 saturated heterocycles. The van der Waals surface area contributed by atoms with Gasteiger partial charge in [0.25, 0.3) is 0 Å². The Balaban J connectivity index is 1.41. The van der Waals surface area contributed by atoms with Gasteiger partial charge in [-0.2, -0.15) is 0 Å². The fourth-order valence-corrected chi connectivity index (χ4v) is 4.72. The van der Waals surface area contributed by atoms with Crippen LogP contribution in [-0.4, -0.2) is 20.9 Å². The first-order valence-electron chi connectivity index (χ1n) is 9.82. The number of amides is 1. The van der Waals surface area contributed by atoms with Gasteiger partial charge < -0.3 is 5.32 Å². The summed E-state index contributed by atoms with van der Waals surface area (Å²) in [5.74, 6) is 0.399. The second-order valence-electron chi connectivity index (χ2n) is 7.59. The van der Waals surface area contributed by atoms with Gasteiger partial charge in [-0.15, -0.1) is 0 Å². The highest BCUT2D eigenvalue weighted by molar-refractivity contribution is 7.89. The lowest BCUT2D eigenvalue weighted by atomic mass is 9.81. The van der Waals surface area contributed by atoms with Gasteiger partial charge in [-0.3, -0.25) is 4.79 Å². The smallest absolute Gasteiger partial charge is 0.240 e. The van der Waals surface area contributed by atoms with Gasteiger partial charge in [-0.05, 0) is 56.2 Å². The predicted molar refractivity (Wildman–Crippen MR) is 110 cm³/mol. The van der Waals surface area contributed by atoms with Crippen molar-refractivity contribution in [3.63, 3.8) is 0 Å². The van der Waals surface area contributed by atoms with E-state index in [1.54, 1.807) is 30.3 Å². The molecule has 0 bridgehead atoms. The average molecular weight is 401 g/mol. The lowest BCUT2D eigenvalue weighted by Gasteiger charge is -2.28. The maximum Gasteiger partial charge on any atom is 0.240 e. The molecule has 6 heteroatoms. The van der Waals surface area contributed by atoms with Crippen molar-refractivity contribution in [1.29, 1.82) is 0 Å². The first-order valence-corrected chi connectivity index (χ1v) is 11.3. The summed E-state index contributed by atoms with van der Waals surface area (Å²) in [5.41, 5.74) is 2.30. The normalized spacial score (nSPS) is 19.9. The zero-order valence-electron chi connectivity index (χ0n) is 16.2. The topological polar surface area (TPSA) is 75.3 Å². The molecule has 2 N–H and O–H groups in total. The Morgan fingerprint density at radius 3 is 2.25 bits per heavy atom. The fourth-order valence-electron chi connectivity index (χ4n) is 3.58. The molecule has 0 spiro atoms. The highest BCUT2D eigenvalue weighted by Gasteiger charge is 2.27. The van der Waals surface area contributed by atoms with Crippen LogP contribution >= 0.6 is 0 Å². The van der Waals surface area contributed by atoms with Crippen molar-refractivity contribution in [2.75, 3.05) is 6.54 Å². The van der Waals surface area contributed by atoms with Crippen LogP contribution in [-0.2, 0) is 21.4 Å². The van der Waals surface area contributed by atoms with Crippen LogP contribution in [0.15, 0.2) is 59.5 Å². The number of rotatable bonds is 7. The van der Waals surface area contributed by atoms with Crippen LogP contribution in [0.4, 0.5) is 0 Å². The molecule has 0 aromatic heterocycles. The average Bonchev–Trinajstić information content (AvgIpc) is 2.73. The fraction of sp³-hybridized carbons (Fsp3) is 0.409. The summed E-state index contributed by atoms with van der Waals surface area (Å²) in [6.07, 6.45) is 3.33. The van der Waals surface area contributed by atoms with E-state index in [1.807, 2.05) is 31.2 Å². The van der Waals surface area contributed by atoms with E-state index >= 15 is 0 Å². The minimum Gasteiger partial charge on any atom is -0.352 e. The van der Waals surface area contributed by atoms with Crippen LogP contribution in [0.25, 0.3) is 0 Å². The Hall–Kier alpha value is -2.18. The van der Waals surface area contributed by atoms with E-state index in [1.165, 1.54) is 5.56 Å². The number of carbonyl (C=O) groups is 1. The number of nitrogens with one attached hydrogen (secondary N) is 2. The number of sulfonamides is 1. The molecule has 0 unspecified atom stereocenters. The molecule has 3 rings (SSSR count). The van der Waals surface area contributed by atoms with Gasteiger partial charge >= 0.3 is 0 Å². The van der Waals surface area contributed by atoms with E-state index in [4.69, 9.17) is 0 Å². The Morgan fingerprint density at radius 2 is 1.61 bits per heavy atom. The Bertz CT molecular complexity index is 872. The summed E-state index contributed by atoms with van der Waals surface area (Å²) >= 11 is 0. The number of carbonyl (C=O) groups excluding carboxylic acids is 1. The van der Waals surface area contributed by atoms with Crippen LogP contribution in [0, 0.1) is 18.8 Å². The van der Waals surface area contributed by atoms with Gasteiger partial charge in [0, 0.05) is 19.0 Å². The second-order valence-corrected chi connectivity index (χ2v) is 9.35. The van der Waals surface area contributed by atoms with Crippen LogP contribution in [0.2, 0.25) is 0 Å². The van der Waals surface area contributed by atoms with E-state index in [2.05, 4.69) is 10.0 Å². The lowest BCUT2D eigenvalue weighted by Crippen LogP contribution is -2.36. The van der Waals surface area contributed by atoms with Crippen LogP contribution < -0.4 is 10.0 Å². The number of hydrogen-bond acceptors (Lipinski definition) is 3. The maximum atomic E-state index is 12.4. The van der Waals surface area contributed by atoms with Crippen molar-refractivity contribution in [1.82, 2.24) is 10.0 Å². The van der Waals surface area contributed by atoms with Crippen LogP contribution in [0.5, 0.6) is 0 Å². The number of aryl methyl sites for hydroxylation is 1. The minimum atomic E-state index is -3.46. The third-order valence-corrected chi connectivity index (χ3v) is 6.86. The Labute approximate surface area is 167 Å². The highest BCUT2D eigenvalue weighted by Crippen LogP contribution is 2.29. The molecule has 1 aliphatic carbocycles. The van der Waals surface area contributed by atoms with E-state index in [-0.39, 0.29) is 17.7 Å². The molecule has 0 atom stereocenters. The summed E-state index contributed by atoms with van der Waals surface area (Å²) < 4.78 is 27.3. The standard InChI is InChI=1S/C22H28N2O3S/c1-17-7-9-18(10-8-17)15-23-22(25)20-13-11-19(12-14-20)16-24-28(26,27)21-5-3-2-4-6-21/h2-10,19-20,24H,11-16H2,1H3,(H,23,25). The van der Waals surface area contributed by atoms with Crippen LogP contribution in [0.1, 0.15) is 36.8 Å². The summed E-state index contributed by atoms with van der Waals surface area (Å²) in [5, 5.41) is 3.03. The molecule has 1 saturated carbocycles. The predicted octanol–water partition coefficient (Wildman–Crippen LogP) is 3.40. The molecule has 0 heterocycles. The van der Waals surface area contributed by atoms with Crippen molar-refractivity contribution >= 4 is 15.9 Å². The molecule has 2 aromatic carbocycles. The van der Waals surface area contributed by atoms with Gasteiger partial charge in [0.15, 0.2) is 0 Å². The molecule has 1 amide bonds. The Kier molecular flexibility index (Phi) is 6.86. The quantitative estimate of drug-likeness (QED) is 0.748. The summed E-state index contributed by atoms with van der Waals surface area (Å²) in [6.45, 7) is 3.02. The molecular formula is C22H28N2O3S. The van der Waals surface area contributed by atoms with Crippen molar-refractivity contribution < 1.29 is 13.2 Å². The molecular weight excluding hydrogens is 372 g/mol. The van der Waals surface area contributed by atoms with Gasteiger partial charge in [-0.25, -0.2) is 13.1 Å². The van der Waals surface area contributed by atoms with Gasteiger partial charge in [0.05, 0.1) is 4.90 Å². The molecule has 28 heavy (non-hydrogen) atoms. The lowest BCUT2D eigenvalue weighted by molar-refractivity contribution is -0.126. The van der Waals surface area contributed by atoms with Crippen molar-refractivity contribution in [2.45, 2.75) is 44.0 Å². The first kappa shape index (κ1) is 20.6. The van der Waals surface area contributed by atoms with E-state index in [9.17, 15) is 13.2 Å². The van der Waals surface area contributed by atoms with Crippen molar-refractivity contribution in [3.8, 4) is 0 Å². The Morgan fingerprint density at radius 1 is 0.964 bits per heavy atom. The maximum absolute atomic E-state index is 12.4. The van der Waals surface area contributed by atoms with Gasteiger partial charge in [0.2, 0.25) is 15.9 Å². The highest BCUT2D eigenvalue weighted by atomic mass is 32.2. The molecule has 5 nitrogen and oxygen atoms in total. The molecule has 1 fully saturated rings. The van der Waals surface area contributed by atoms with E-state index in [0.29, 0.717) is 18.0 Å². The number of benzene rings is 2. The second kappa shape index (κ2) is 9.34. The summed E-state index contributed by atoms with van der Waals surface area (Å²) in [4.78, 5) is 12.7. The van der Waals surface area contributed by atoms with E-state index in [0.717, 1.165) is 31.2 Å². The molecule has 2 aromatic rings. The molecule has 1 aliphatic rings. The molecule has 150 valence electrons. The third kappa shape index (κ3) is 5.66. The third-order valence-electron chi connectivity index (χ3n) is 5.42. The monoisotopic (exact) mass is 400 g/mol. The SMILES string of the molecule is Cc1ccc(CNC(=O)C2CCC(CNS(=O)(=O)c3ccccc3)CC2)cc1. The zero-order valence-corrected chi connectivity index (χ0v) is 17.0.